The van der Waals surface area contributed by atoms with Gasteiger partial charge in [-0.1, -0.05) is 111 Å². The van der Waals surface area contributed by atoms with Crippen LogP contribution in [0.4, 0.5) is 34.1 Å². The fourth-order valence-corrected chi connectivity index (χ4v) is 5.73. The van der Waals surface area contributed by atoms with E-state index >= 15 is 0 Å². The number of hydrogen-bond acceptors (Lipinski definition) is 3. The van der Waals surface area contributed by atoms with Crippen molar-refractivity contribution in [3.8, 4) is 0 Å². The molecule has 2 unspecified atom stereocenters. The first kappa shape index (κ1) is 28.7. The Hall–Kier alpha value is -5.41. The molecular weight excluding hydrogens is 536 g/mol. The molecule has 0 aromatic heterocycles. The van der Waals surface area contributed by atoms with E-state index in [1.807, 2.05) is 38.1 Å². The zero-order valence-corrected chi connectivity index (χ0v) is 25.1. The van der Waals surface area contributed by atoms with Gasteiger partial charge in [0, 0.05) is 46.0 Å². The largest absolute Gasteiger partial charge is 0.311 e. The van der Waals surface area contributed by atoms with Crippen molar-refractivity contribution in [3.05, 3.63) is 181 Å². The number of Topliss-reactive ketones (excluding diaryl/α,β-unsaturated/α-hetero) is 1. The van der Waals surface area contributed by atoms with Crippen LogP contribution in [0.5, 0.6) is 0 Å². The van der Waals surface area contributed by atoms with Gasteiger partial charge in [-0.15, -0.1) is 0 Å². The number of nitrogens with zero attached hydrogens (tertiary/aromatic N) is 2. The quantitative estimate of drug-likeness (QED) is 0.163. The molecule has 0 aliphatic carbocycles. The number of carbonyl (C=O) groups excluding carboxylic acids is 1. The Labute approximate surface area is 260 Å². The molecular formula is C41H36N2O. The average Bonchev–Trinajstić information content (AvgIpc) is 3.10. The Morgan fingerprint density at radius 1 is 0.364 bits per heavy atom. The van der Waals surface area contributed by atoms with Crippen LogP contribution in [0.15, 0.2) is 170 Å². The fourth-order valence-electron chi connectivity index (χ4n) is 5.73. The van der Waals surface area contributed by atoms with Crippen LogP contribution in [0.2, 0.25) is 0 Å². The van der Waals surface area contributed by atoms with Crippen molar-refractivity contribution in [2.75, 3.05) is 9.80 Å². The first-order valence-corrected chi connectivity index (χ1v) is 15.1. The molecule has 6 rings (SSSR count). The van der Waals surface area contributed by atoms with E-state index < -0.39 is 0 Å². The Morgan fingerprint density at radius 3 is 0.841 bits per heavy atom. The molecule has 44 heavy (non-hydrogen) atoms. The molecule has 0 amide bonds. The maximum absolute atomic E-state index is 13.7. The molecule has 6 aromatic carbocycles. The second kappa shape index (κ2) is 13.3. The topological polar surface area (TPSA) is 23.6 Å². The molecule has 0 spiro atoms. The van der Waals surface area contributed by atoms with Gasteiger partial charge in [0.1, 0.15) is 5.78 Å². The molecule has 2 atom stereocenters. The summed E-state index contributed by atoms with van der Waals surface area (Å²) in [5.74, 6) is -0.257. The lowest BCUT2D eigenvalue weighted by molar-refractivity contribution is -0.121. The number of hydrogen-bond donors (Lipinski definition) is 0. The lowest BCUT2D eigenvalue weighted by Gasteiger charge is -2.26. The van der Waals surface area contributed by atoms with E-state index in [4.69, 9.17) is 0 Å². The monoisotopic (exact) mass is 572 g/mol. The van der Waals surface area contributed by atoms with Gasteiger partial charge < -0.3 is 9.80 Å². The minimum atomic E-state index is -0.231. The zero-order valence-electron chi connectivity index (χ0n) is 25.1. The van der Waals surface area contributed by atoms with Crippen LogP contribution in [-0.4, -0.2) is 5.78 Å². The molecule has 0 saturated carbocycles. The van der Waals surface area contributed by atoms with E-state index in [9.17, 15) is 4.79 Å². The van der Waals surface area contributed by atoms with E-state index in [-0.39, 0.29) is 17.6 Å². The van der Waals surface area contributed by atoms with Crippen LogP contribution in [0, 0.1) is 0 Å². The summed E-state index contributed by atoms with van der Waals surface area (Å²) in [4.78, 5) is 18.2. The summed E-state index contributed by atoms with van der Waals surface area (Å²) in [6, 6.07) is 58.2. The summed E-state index contributed by atoms with van der Waals surface area (Å²) in [5, 5.41) is 0. The van der Waals surface area contributed by atoms with E-state index in [0.29, 0.717) is 0 Å². The summed E-state index contributed by atoms with van der Waals surface area (Å²) in [5.41, 5.74) is 8.49. The highest BCUT2D eigenvalue weighted by Crippen LogP contribution is 2.37. The molecule has 3 heteroatoms. The normalized spacial score (nSPS) is 12.2. The summed E-state index contributed by atoms with van der Waals surface area (Å²) in [6.07, 6.45) is 0. The average molecular weight is 573 g/mol. The number of anilines is 6. The highest BCUT2D eigenvalue weighted by atomic mass is 16.1. The van der Waals surface area contributed by atoms with E-state index in [0.717, 1.165) is 45.3 Å². The summed E-state index contributed by atoms with van der Waals surface area (Å²) >= 11 is 0. The number of benzene rings is 6. The minimum absolute atomic E-state index is 0.205. The first-order chi connectivity index (χ1) is 21.6. The van der Waals surface area contributed by atoms with Crippen molar-refractivity contribution < 1.29 is 4.79 Å². The molecule has 0 saturated heterocycles. The maximum Gasteiger partial charge on any atom is 0.147 e. The summed E-state index contributed by atoms with van der Waals surface area (Å²) in [7, 11) is 0. The van der Waals surface area contributed by atoms with Crippen molar-refractivity contribution in [2.24, 2.45) is 0 Å². The second-order valence-electron chi connectivity index (χ2n) is 11.0. The smallest absolute Gasteiger partial charge is 0.147 e. The fraction of sp³-hybridized carbons (Fsp3) is 0.0976. The third-order valence-electron chi connectivity index (χ3n) is 8.21. The van der Waals surface area contributed by atoms with Crippen molar-refractivity contribution in [1.29, 1.82) is 0 Å². The third kappa shape index (κ3) is 6.18. The minimum Gasteiger partial charge on any atom is -0.311 e. The van der Waals surface area contributed by atoms with Gasteiger partial charge in [0.05, 0.1) is 0 Å². The van der Waals surface area contributed by atoms with Crippen molar-refractivity contribution >= 4 is 39.9 Å². The van der Waals surface area contributed by atoms with Crippen molar-refractivity contribution in [3.63, 3.8) is 0 Å². The Kier molecular flexibility index (Phi) is 8.65. The number of ketones is 1. The standard InChI is InChI=1S/C41H36N2O/c1-31(33-23-27-39(28-24-33)42(35-15-7-3-8-16-35)36-17-9-4-10-18-36)41(44)32(2)34-25-29-40(30-26-34)43(37-19-11-5-12-20-37)38-21-13-6-14-22-38/h3-32H,1-2H3. The molecule has 0 heterocycles. The second-order valence-corrected chi connectivity index (χ2v) is 11.0. The van der Waals surface area contributed by atoms with Crippen LogP contribution in [-0.2, 0) is 4.79 Å². The lowest BCUT2D eigenvalue weighted by Crippen LogP contribution is -2.17. The lowest BCUT2D eigenvalue weighted by atomic mass is 9.85. The van der Waals surface area contributed by atoms with E-state index in [2.05, 4.69) is 155 Å². The van der Waals surface area contributed by atoms with Crippen LogP contribution >= 0.6 is 0 Å². The van der Waals surface area contributed by atoms with Gasteiger partial charge >= 0.3 is 0 Å². The molecule has 0 radical (unpaired) electrons. The van der Waals surface area contributed by atoms with Crippen LogP contribution in [0.3, 0.4) is 0 Å². The van der Waals surface area contributed by atoms with E-state index in [1.54, 1.807) is 0 Å². The molecule has 0 aliphatic heterocycles. The van der Waals surface area contributed by atoms with Gasteiger partial charge in [0.2, 0.25) is 0 Å². The number of para-hydroxylation sites is 4. The molecule has 0 aliphatic rings. The maximum atomic E-state index is 13.7. The first-order valence-electron chi connectivity index (χ1n) is 15.1. The SMILES string of the molecule is CC(C(=O)C(C)c1ccc(N(c2ccccc2)c2ccccc2)cc1)c1ccc(N(c2ccccc2)c2ccccc2)cc1. The van der Waals surface area contributed by atoms with Gasteiger partial charge in [0.25, 0.3) is 0 Å². The third-order valence-corrected chi connectivity index (χ3v) is 8.21. The Morgan fingerprint density at radius 2 is 0.591 bits per heavy atom. The Balaban J connectivity index is 1.21. The van der Waals surface area contributed by atoms with Gasteiger partial charge in [-0.2, -0.15) is 0 Å². The summed E-state index contributed by atoms with van der Waals surface area (Å²) in [6.45, 7) is 4.03. The summed E-state index contributed by atoms with van der Waals surface area (Å²) < 4.78 is 0. The van der Waals surface area contributed by atoms with Crippen molar-refractivity contribution in [1.82, 2.24) is 0 Å². The highest BCUT2D eigenvalue weighted by Gasteiger charge is 2.24. The highest BCUT2D eigenvalue weighted by molar-refractivity contribution is 5.91. The van der Waals surface area contributed by atoms with E-state index in [1.165, 1.54) is 0 Å². The number of rotatable bonds is 10. The van der Waals surface area contributed by atoms with Gasteiger partial charge in [0.15, 0.2) is 0 Å². The van der Waals surface area contributed by atoms with Gasteiger partial charge in [-0.3, -0.25) is 4.79 Å². The van der Waals surface area contributed by atoms with Crippen LogP contribution in [0.25, 0.3) is 0 Å². The van der Waals surface area contributed by atoms with Gasteiger partial charge in [-0.25, -0.2) is 0 Å². The molecule has 3 nitrogen and oxygen atoms in total. The Bertz CT molecular complexity index is 1560. The number of carbonyl (C=O) groups is 1. The predicted molar refractivity (Wildman–Crippen MR) is 184 cm³/mol. The molecule has 216 valence electrons. The molecule has 0 fully saturated rings. The predicted octanol–water partition coefficient (Wildman–Crippen LogP) is 11.1. The van der Waals surface area contributed by atoms with Crippen LogP contribution in [0.1, 0.15) is 36.8 Å². The molecule has 6 aromatic rings. The molecule has 0 bridgehead atoms. The zero-order chi connectivity index (χ0) is 30.3. The van der Waals surface area contributed by atoms with Crippen LogP contribution < -0.4 is 9.80 Å². The van der Waals surface area contributed by atoms with Gasteiger partial charge in [-0.05, 0) is 83.9 Å². The van der Waals surface area contributed by atoms with Crippen molar-refractivity contribution in [2.45, 2.75) is 25.7 Å². The molecule has 0 N–H and O–H groups in total.